The highest BCUT2D eigenvalue weighted by Crippen LogP contribution is 2.47. The Bertz CT molecular complexity index is 564. The molecule has 21 heavy (non-hydrogen) atoms. The molecule has 1 amide bonds. The highest BCUT2D eigenvalue weighted by atomic mass is 16.4. The molecular formula is C16H20N2O3. The monoisotopic (exact) mass is 288 g/mol. The van der Waals surface area contributed by atoms with Gasteiger partial charge < -0.3 is 14.9 Å². The van der Waals surface area contributed by atoms with Crippen LogP contribution in [0.3, 0.4) is 0 Å². The molecule has 5 nitrogen and oxygen atoms in total. The zero-order valence-corrected chi connectivity index (χ0v) is 12.2. The molecule has 0 bridgehead atoms. The molecule has 2 atom stereocenters. The molecule has 1 N–H and O–H groups in total. The van der Waals surface area contributed by atoms with Crippen LogP contribution in [0.15, 0.2) is 24.3 Å². The van der Waals surface area contributed by atoms with Crippen LogP contribution >= 0.6 is 0 Å². The Morgan fingerprint density at radius 2 is 1.90 bits per heavy atom. The van der Waals surface area contributed by atoms with Gasteiger partial charge in [-0.05, 0) is 37.1 Å². The van der Waals surface area contributed by atoms with Crippen molar-refractivity contribution in [1.29, 1.82) is 0 Å². The van der Waals surface area contributed by atoms with Crippen molar-refractivity contribution in [2.75, 3.05) is 33.2 Å². The summed E-state index contributed by atoms with van der Waals surface area (Å²) in [5.41, 5.74) is 1.65. The molecule has 1 aromatic carbocycles. The van der Waals surface area contributed by atoms with Gasteiger partial charge in [-0.15, -0.1) is 0 Å². The van der Waals surface area contributed by atoms with Crippen molar-refractivity contribution in [3.05, 3.63) is 35.4 Å². The van der Waals surface area contributed by atoms with E-state index in [0.29, 0.717) is 12.0 Å². The maximum absolute atomic E-state index is 12.5. The second kappa shape index (κ2) is 5.48. The lowest BCUT2D eigenvalue weighted by Crippen LogP contribution is -2.47. The Morgan fingerprint density at radius 3 is 2.52 bits per heavy atom. The van der Waals surface area contributed by atoms with Crippen LogP contribution in [0.25, 0.3) is 0 Å². The van der Waals surface area contributed by atoms with Crippen LogP contribution in [-0.4, -0.2) is 60.0 Å². The lowest BCUT2D eigenvalue weighted by Gasteiger charge is -2.32. The lowest BCUT2D eigenvalue weighted by atomic mass is 10.0. The zero-order valence-electron chi connectivity index (χ0n) is 12.2. The Hall–Kier alpha value is -1.88. The van der Waals surface area contributed by atoms with Crippen molar-refractivity contribution in [1.82, 2.24) is 9.80 Å². The fourth-order valence-corrected chi connectivity index (χ4v) is 2.93. The average Bonchev–Trinajstić information content (AvgIpc) is 3.28. The highest BCUT2D eigenvalue weighted by Gasteiger charge is 2.44. The van der Waals surface area contributed by atoms with Crippen LogP contribution in [0.4, 0.5) is 0 Å². The second-order valence-corrected chi connectivity index (χ2v) is 6.01. The van der Waals surface area contributed by atoms with E-state index in [2.05, 4.69) is 11.9 Å². The predicted molar refractivity (Wildman–Crippen MR) is 78.3 cm³/mol. The minimum atomic E-state index is -0.740. The van der Waals surface area contributed by atoms with Gasteiger partial charge in [0.05, 0.1) is 5.92 Å². The van der Waals surface area contributed by atoms with Crippen molar-refractivity contribution >= 4 is 11.9 Å². The van der Waals surface area contributed by atoms with Gasteiger partial charge in [-0.2, -0.15) is 0 Å². The highest BCUT2D eigenvalue weighted by molar-refractivity contribution is 5.94. The first-order valence-corrected chi connectivity index (χ1v) is 7.37. The number of likely N-dealkylation sites (N-methyl/N-ethyl adjacent to an activating group) is 1. The predicted octanol–water partition coefficient (Wildman–Crippen LogP) is 1.26. The minimum Gasteiger partial charge on any atom is -0.481 e. The van der Waals surface area contributed by atoms with Crippen molar-refractivity contribution in [2.45, 2.75) is 12.3 Å². The third-order valence-electron chi connectivity index (χ3n) is 4.46. The van der Waals surface area contributed by atoms with Crippen LogP contribution in [0.1, 0.15) is 28.3 Å². The number of carboxylic acids is 1. The van der Waals surface area contributed by atoms with E-state index in [0.717, 1.165) is 31.7 Å². The van der Waals surface area contributed by atoms with Gasteiger partial charge in [-0.1, -0.05) is 12.1 Å². The number of carbonyl (C=O) groups is 2. The first-order chi connectivity index (χ1) is 10.1. The molecule has 0 aromatic heterocycles. The summed E-state index contributed by atoms with van der Waals surface area (Å²) in [7, 11) is 2.06. The Morgan fingerprint density at radius 1 is 1.19 bits per heavy atom. The van der Waals surface area contributed by atoms with Crippen molar-refractivity contribution < 1.29 is 14.7 Å². The summed E-state index contributed by atoms with van der Waals surface area (Å²) >= 11 is 0. The maximum Gasteiger partial charge on any atom is 0.307 e. The molecule has 3 rings (SSSR count). The molecule has 2 unspecified atom stereocenters. The maximum atomic E-state index is 12.5. The average molecular weight is 288 g/mol. The molecule has 5 heteroatoms. The van der Waals surface area contributed by atoms with Gasteiger partial charge in [-0.3, -0.25) is 9.59 Å². The number of piperazine rings is 1. The van der Waals surface area contributed by atoms with Crippen molar-refractivity contribution in [3.8, 4) is 0 Å². The van der Waals surface area contributed by atoms with E-state index >= 15 is 0 Å². The van der Waals surface area contributed by atoms with Gasteiger partial charge in [-0.25, -0.2) is 0 Å². The summed E-state index contributed by atoms with van der Waals surface area (Å²) in [4.78, 5) is 27.6. The summed E-state index contributed by atoms with van der Waals surface area (Å²) in [6.45, 7) is 3.30. The fraction of sp³-hybridized carbons (Fsp3) is 0.500. The van der Waals surface area contributed by atoms with Gasteiger partial charge >= 0.3 is 5.97 Å². The molecule has 112 valence electrons. The number of nitrogens with zero attached hydrogens (tertiary/aromatic N) is 2. The van der Waals surface area contributed by atoms with E-state index in [1.165, 1.54) is 0 Å². The molecule has 0 spiro atoms. The summed E-state index contributed by atoms with van der Waals surface area (Å²) in [6.07, 6.45) is 0.682. The van der Waals surface area contributed by atoms with Gasteiger partial charge in [0.1, 0.15) is 0 Å². The van der Waals surface area contributed by atoms with Gasteiger partial charge in [0.25, 0.3) is 5.91 Å². The fourth-order valence-electron chi connectivity index (χ4n) is 2.93. The van der Waals surface area contributed by atoms with Crippen LogP contribution in [0.5, 0.6) is 0 Å². The smallest absolute Gasteiger partial charge is 0.307 e. The zero-order chi connectivity index (χ0) is 15.0. The molecule has 1 aromatic rings. The Labute approximate surface area is 124 Å². The topological polar surface area (TPSA) is 60.9 Å². The van der Waals surface area contributed by atoms with Crippen LogP contribution in [-0.2, 0) is 4.79 Å². The number of carboxylic acid groups (broad SMARTS) is 1. The third-order valence-corrected chi connectivity index (χ3v) is 4.46. The largest absolute Gasteiger partial charge is 0.481 e. The van der Waals surface area contributed by atoms with Crippen molar-refractivity contribution in [2.24, 2.45) is 5.92 Å². The van der Waals surface area contributed by atoms with E-state index in [1.807, 2.05) is 29.2 Å². The molecule has 1 saturated carbocycles. The summed E-state index contributed by atoms with van der Waals surface area (Å²) < 4.78 is 0. The van der Waals surface area contributed by atoms with E-state index in [9.17, 15) is 9.59 Å². The van der Waals surface area contributed by atoms with Crippen molar-refractivity contribution in [3.63, 3.8) is 0 Å². The first-order valence-electron chi connectivity index (χ1n) is 7.37. The summed E-state index contributed by atoms with van der Waals surface area (Å²) in [6, 6.07) is 7.47. The van der Waals surface area contributed by atoms with E-state index in [4.69, 9.17) is 5.11 Å². The number of aliphatic carboxylic acids is 1. The number of carbonyl (C=O) groups excluding carboxylic acids is 1. The van der Waals surface area contributed by atoms with Crippen LogP contribution < -0.4 is 0 Å². The van der Waals surface area contributed by atoms with Crippen LogP contribution in [0, 0.1) is 5.92 Å². The number of hydrogen-bond donors (Lipinski definition) is 1. The lowest BCUT2D eigenvalue weighted by molar-refractivity contribution is -0.138. The molecule has 2 aliphatic rings. The quantitative estimate of drug-likeness (QED) is 0.909. The molecular weight excluding hydrogens is 268 g/mol. The minimum absolute atomic E-state index is 0.0532. The Balaban J connectivity index is 1.71. The normalized spacial score (nSPS) is 25.7. The second-order valence-electron chi connectivity index (χ2n) is 6.01. The van der Waals surface area contributed by atoms with E-state index < -0.39 is 5.97 Å². The number of benzene rings is 1. The summed E-state index contributed by atoms with van der Waals surface area (Å²) in [5, 5.41) is 9.01. The van der Waals surface area contributed by atoms with Gasteiger partial charge in [0, 0.05) is 31.7 Å². The SMILES string of the molecule is CN1CCN(C(=O)c2cccc(C3CC3C(=O)O)c2)CC1. The molecule has 1 aliphatic heterocycles. The van der Waals surface area contributed by atoms with Crippen LogP contribution in [0.2, 0.25) is 0 Å². The Kier molecular flexibility index (Phi) is 3.68. The third kappa shape index (κ3) is 2.93. The number of amides is 1. The number of hydrogen-bond acceptors (Lipinski definition) is 3. The molecule has 0 radical (unpaired) electrons. The van der Waals surface area contributed by atoms with E-state index in [1.54, 1.807) is 0 Å². The van der Waals surface area contributed by atoms with Gasteiger partial charge in [0.2, 0.25) is 0 Å². The molecule has 1 heterocycles. The van der Waals surface area contributed by atoms with Gasteiger partial charge in [0.15, 0.2) is 0 Å². The molecule has 2 fully saturated rings. The molecule has 1 aliphatic carbocycles. The molecule has 1 saturated heterocycles. The standard InChI is InChI=1S/C16H20N2O3/c1-17-5-7-18(8-6-17)15(19)12-4-2-3-11(9-12)13-10-14(13)16(20)21/h2-4,9,13-14H,5-8,10H2,1H3,(H,20,21). The summed E-state index contributed by atoms with van der Waals surface area (Å²) in [5.74, 6) is -0.894. The first kappa shape index (κ1) is 14.1. The van der Waals surface area contributed by atoms with E-state index in [-0.39, 0.29) is 17.7 Å². The number of rotatable bonds is 3.